The lowest BCUT2D eigenvalue weighted by Gasteiger charge is -2.24. The summed E-state index contributed by atoms with van der Waals surface area (Å²) in [6.07, 6.45) is 4.20. The van der Waals surface area contributed by atoms with Gasteiger partial charge in [-0.25, -0.2) is 0 Å². The van der Waals surface area contributed by atoms with Crippen LogP contribution in [0.15, 0.2) is 24.3 Å². The molecular weight excluding hydrogens is 234 g/mol. The molecule has 0 spiro atoms. The van der Waals surface area contributed by atoms with Crippen molar-refractivity contribution in [3.05, 3.63) is 29.3 Å². The summed E-state index contributed by atoms with van der Waals surface area (Å²) < 4.78 is 6.18. The monoisotopic (exact) mass is 251 g/mol. The molecule has 0 aromatic heterocycles. The van der Waals surface area contributed by atoms with Crippen LogP contribution in [0.1, 0.15) is 19.3 Å². The topological polar surface area (TPSA) is 21.3 Å². The normalized spacial score (nSPS) is 25.8. The van der Waals surface area contributed by atoms with Gasteiger partial charge >= 0.3 is 0 Å². The fraction of sp³-hybridized carbons (Fsp3) is 0.571. The van der Waals surface area contributed by atoms with Gasteiger partial charge in [-0.05, 0) is 43.9 Å². The van der Waals surface area contributed by atoms with Crippen molar-refractivity contribution in [2.75, 3.05) is 13.1 Å². The van der Waals surface area contributed by atoms with Gasteiger partial charge < -0.3 is 10.1 Å². The van der Waals surface area contributed by atoms with Crippen molar-refractivity contribution < 1.29 is 4.74 Å². The first kappa shape index (κ1) is 11.4. The second-order valence-electron chi connectivity index (χ2n) is 5.10. The summed E-state index contributed by atoms with van der Waals surface area (Å²) >= 11 is 6.16. The Morgan fingerprint density at radius 2 is 2.00 bits per heavy atom. The third-order valence-corrected chi connectivity index (χ3v) is 4.06. The zero-order chi connectivity index (χ0) is 11.7. The van der Waals surface area contributed by atoms with E-state index in [4.69, 9.17) is 16.3 Å². The Balaban J connectivity index is 1.74. The highest BCUT2D eigenvalue weighted by Gasteiger charge is 2.39. The maximum absolute atomic E-state index is 6.18. The maximum Gasteiger partial charge on any atom is 0.138 e. The minimum Gasteiger partial charge on any atom is -0.488 e. The fourth-order valence-electron chi connectivity index (χ4n) is 2.65. The third-order valence-electron chi connectivity index (χ3n) is 3.75. The molecule has 1 aliphatic heterocycles. The average molecular weight is 252 g/mol. The first-order valence-corrected chi connectivity index (χ1v) is 6.84. The average Bonchev–Trinajstić information content (AvgIpc) is 3.03. The van der Waals surface area contributed by atoms with E-state index in [0.717, 1.165) is 29.8 Å². The molecule has 1 heterocycles. The van der Waals surface area contributed by atoms with Crippen LogP contribution in [0.3, 0.4) is 0 Å². The van der Waals surface area contributed by atoms with Gasteiger partial charge in [-0.1, -0.05) is 23.7 Å². The minimum absolute atomic E-state index is 0.352. The molecule has 0 bridgehead atoms. The highest BCUT2D eigenvalue weighted by Crippen LogP contribution is 2.40. The smallest absolute Gasteiger partial charge is 0.138 e. The fourth-order valence-corrected chi connectivity index (χ4v) is 2.83. The lowest BCUT2D eigenvalue weighted by molar-refractivity contribution is 0.121. The number of ether oxygens (including phenoxy) is 1. The zero-order valence-corrected chi connectivity index (χ0v) is 10.6. The number of rotatable bonds is 4. The van der Waals surface area contributed by atoms with E-state index in [1.54, 1.807) is 0 Å². The van der Waals surface area contributed by atoms with Crippen molar-refractivity contribution in [3.63, 3.8) is 0 Å². The highest BCUT2D eigenvalue weighted by atomic mass is 35.5. The molecule has 1 N–H and O–H groups in total. The van der Waals surface area contributed by atoms with Crippen LogP contribution in [-0.4, -0.2) is 19.2 Å². The highest BCUT2D eigenvalue weighted by molar-refractivity contribution is 6.32. The summed E-state index contributed by atoms with van der Waals surface area (Å²) in [6, 6.07) is 7.80. The molecule has 2 fully saturated rings. The van der Waals surface area contributed by atoms with E-state index < -0.39 is 0 Å². The molecule has 92 valence electrons. The standard InChI is InChI=1S/C14H18ClNO/c15-12-3-1-2-4-13(12)17-14(10-5-6-10)11-7-8-16-9-11/h1-4,10-11,14,16H,5-9H2/t11-,14-/m0/s1. The quantitative estimate of drug-likeness (QED) is 0.888. The van der Waals surface area contributed by atoms with Crippen molar-refractivity contribution in [1.82, 2.24) is 5.32 Å². The molecule has 2 aliphatic rings. The Kier molecular flexibility index (Phi) is 3.26. The Morgan fingerprint density at radius 1 is 1.18 bits per heavy atom. The molecule has 0 radical (unpaired) electrons. The van der Waals surface area contributed by atoms with Crippen LogP contribution in [0.4, 0.5) is 0 Å². The van der Waals surface area contributed by atoms with E-state index in [-0.39, 0.29) is 0 Å². The molecule has 1 saturated heterocycles. The number of benzene rings is 1. The predicted molar refractivity (Wildman–Crippen MR) is 69.6 cm³/mol. The molecule has 1 aromatic carbocycles. The molecule has 1 aliphatic carbocycles. The van der Waals surface area contributed by atoms with Gasteiger partial charge in [-0.3, -0.25) is 0 Å². The van der Waals surface area contributed by atoms with Gasteiger partial charge in [-0.15, -0.1) is 0 Å². The van der Waals surface area contributed by atoms with Crippen LogP contribution in [0.2, 0.25) is 5.02 Å². The second-order valence-corrected chi connectivity index (χ2v) is 5.51. The van der Waals surface area contributed by atoms with Crippen molar-refractivity contribution in [2.45, 2.75) is 25.4 Å². The molecule has 2 atom stereocenters. The SMILES string of the molecule is Clc1ccccc1O[C@@H](C1CC1)[C@H]1CCNC1. The van der Waals surface area contributed by atoms with E-state index in [9.17, 15) is 0 Å². The Bertz CT molecular complexity index is 386. The van der Waals surface area contributed by atoms with Crippen LogP contribution < -0.4 is 10.1 Å². The van der Waals surface area contributed by atoms with E-state index >= 15 is 0 Å². The van der Waals surface area contributed by atoms with E-state index in [2.05, 4.69) is 5.32 Å². The summed E-state index contributed by atoms with van der Waals surface area (Å²) in [5.41, 5.74) is 0. The molecule has 0 amide bonds. The lowest BCUT2D eigenvalue weighted by atomic mass is 9.97. The molecule has 2 nitrogen and oxygen atoms in total. The van der Waals surface area contributed by atoms with Gasteiger partial charge in [0.1, 0.15) is 11.9 Å². The third kappa shape index (κ3) is 2.58. The number of para-hydroxylation sites is 1. The van der Waals surface area contributed by atoms with Gasteiger partial charge in [0.15, 0.2) is 0 Å². The molecule has 3 rings (SSSR count). The zero-order valence-electron chi connectivity index (χ0n) is 9.86. The van der Waals surface area contributed by atoms with Crippen LogP contribution in [0.5, 0.6) is 5.75 Å². The van der Waals surface area contributed by atoms with E-state index in [0.29, 0.717) is 12.0 Å². The number of halogens is 1. The number of hydrogen-bond acceptors (Lipinski definition) is 2. The number of hydrogen-bond donors (Lipinski definition) is 1. The van der Waals surface area contributed by atoms with Crippen LogP contribution in [0, 0.1) is 11.8 Å². The maximum atomic E-state index is 6.18. The first-order valence-electron chi connectivity index (χ1n) is 6.46. The molecule has 1 aromatic rings. The van der Waals surface area contributed by atoms with Crippen molar-refractivity contribution in [1.29, 1.82) is 0 Å². The van der Waals surface area contributed by atoms with Crippen LogP contribution >= 0.6 is 11.6 Å². The molecule has 1 saturated carbocycles. The molecule has 0 unspecified atom stereocenters. The van der Waals surface area contributed by atoms with E-state index in [1.807, 2.05) is 24.3 Å². The van der Waals surface area contributed by atoms with Crippen molar-refractivity contribution in [2.24, 2.45) is 11.8 Å². The molecule has 17 heavy (non-hydrogen) atoms. The summed E-state index contributed by atoms with van der Waals surface area (Å²) in [4.78, 5) is 0. The second kappa shape index (κ2) is 4.87. The van der Waals surface area contributed by atoms with Gasteiger partial charge in [0.25, 0.3) is 0 Å². The summed E-state index contributed by atoms with van der Waals surface area (Å²) in [7, 11) is 0. The summed E-state index contributed by atoms with van der Waals surface area (Å²) in [5.74, 6) is 2.24. The Hall–Kier alpha value is -0.730. The minimum atomic E-state index is 0.352. The van der Waals surface area contributed by atoms with Crippen molar-refractivity contribution >= 4 is 11.6 Å². The predicted octanol–water partition coefficient (Wildman–Crippen LogP) is 3.11. The van der Waals surface area contributed by atoms with Gasteiger partial charge in [0.2, 0.25) is 0 Å². The number of nitrogens with one attached hydrogen (secondary N) is 1. The van der Waals surface area contributed by atoms with Crippen LogP contribution in [0.25, 0.3) is 0 Å². The lowest BCUT2D eigenvalue weighted by Crippen LogP contribution is -2.30. The molecular formula is C14H18ClNO. The van der Waals surface area contributed by atoms with Gasteiger partial charge in [-0.2, -0.15) is 0 Å². The molecule has 3 heteroatoms. The van der Waals surface area contributed by atoms with Gasteiger partial charge in [0.05, 0.1) is 5.02 Å². The first-order chi connectivity index (χ1) is 8.34. The Labute approximate surface area is 107 Å². The Morgan fingerprint density at radius 3 is 2.65 bits per heavy atom. The summed E-state index contributed by atoms with van der Waals surface area (Å²) in [6.45, 7) is 2.21. The largest absolute Gasteiger partial charge is 0.488 e. The summed E-state index contributed by atoms with van der Waals surface area (Å²) in [5, 5.41) is 4.15. The van der Waals surface area contributed by atoms with Gasteiger partial charge in [0, 0.05) is 12.5 Å². The van der Waals surface area contributed by atoms with E-state index in [1.165, 1.54) is 19.3 Å². The van der Waals surface area contributed by atoms with Crippen LogP contribution in [-0.2, 0) is 0 Å². The van der Waals surface area contributed by atoms with Crippen molar-refractivity contribution in [3.8, 4) is 5.75 Å².